The lowest BCUT2D eigenvalue weighted by Gasteiger charge is -2.24. The number of aliphatic carboxylic acids is 1. The van der Waals surface area contributed by atoms with Gasteiger partial charge in [-0.15, -0.1) is 0 Å². The van der Waals surface area contributed by atoms with E-state index in [-0.39, 0.29) is 42.9 Å². The Bertz CT molecular complexity index is 1190. The van der Waals surface area contributed by atoms with E-state index in [4.69, 9.17) is 11.5 Å². The minimum Gasteiger partial charge on any atom is -0.508 e. The quantitative estimate of drug-likeness (QED) is 0.118. The number of rotatable bonds is 15. The van der Waals surface area contributed by atoms with Gasteiger partial charge in [-0.25, -0.2) is 4.79 Å². The van der Waals surface area contributed by atoms with Gasteiger partial charge in [0, 0.05) is 18.6 Å². The van der Waals surface area contributed by atoms with Crippen molar-refractivity contribution < 1.29 is 39.3 Å². The number of carbonyl (C=O) groups is 5. The van der Waals surface area contributed by atoms with Crippen LogP contribution >= 0.6 is 12.6 Å². The Labute approximate surface area is 235 Å². The van der Waals surface area contributed by atoms with E-state index in [0.717, 1.165) is 0 Å². The summed E-state index contributed by atoms with van der Waals surface area (Å²) in [5.74, 6) is -4.57. The summed E-state index contributed by atoms with van der Waals surface area (Å²) in [4.78, 5) is 61.4. The molecule has 0 radical (unpaired) electrons. The molecule has 14 heteroatoms. The fraction of sp³-hybridized carbons (Fsp3) is 0.346. The van der Waals surface area contributed by atoms with Crippen LogP contribution in [-0.4, -0.2) is 74.8 Å². The van der Waals surface area contributed by atoms with Crippen molar-refractivity contribution >= 4 is 42.2 Å². The van der Waals surface area contributed by atoms with Crippen LogP contribution in [0.3, 0.4) is 0 Å². The first-order valence-electron chi connectivity index (χ1n) is 12.2. The van der Waals surface area contributed by atoms with Gasteiger partial charge in [-0.05, 0) is 48.2 Å². The second-order valence-electron chi connectivity index (χ2n) is 9.06. The second kappa shape index (κ2) is 15.3. The summed E-state index contributed by atoms with van der Waals surface area (Å²) in [5, 5.41) is 35.7. The normalized spacial score (nSPS) is 13.8. The number of hydrogen-bond acceptors (Lipinski definition) is 9. The summed E-state index contributed by atoms with van der Waals surface area (Å²) < 4.78 is 0. The molecule has 0 saturated carbocycles. The third-order valence-corrected chi connectivity index (χ3v) is 6.21. The summed E-state index contributed by atoms with van der Waals surface area (Å²) in [6, 6.07) is 7.07. The molecule has 40 heavy (non-hydrogen) atoms. The van der Waals surface area contributed by atoms with E-state index in [1.54, 1.807) is 24.3 Å². The first-order valence-corrected chi connectivity index (χ1v) is 12.9. The van der Waals surface area contributed by atoms with E-state index >= 15 is 0 Å². The smallest absolute Gasteiger partial charge is 0.326 e. The predicted molar refractivity (Wildman–Crippen MR) is 147 cm³/mol. The number of carboxylic acids is 1. The summed E-state index contributed by atoms with van der Waals surface area (Å²) >= 11 is 4.08. The molecule has 4 amide bonds. The highest BCUT2D eigenvalue weighted by molar-refractivity contribution is 7.80. The molecule has 0 aliphatic heterocycles. The number of carboxylic acid groups (broad SMARTS) is 1. The zero-order valence-corrected chi connectivity index (χ0v) is 22.3. The molecule has 4 atom stereocenters. The molecule has 2 aromatic rings. The maximum atomic E-state index is 13.2. The van der Waals surface area contributed by atoms with Crippen molar-refractivity contribution in [2.75, 3.05) is 5.75 Å². The molecule has 0 unspecified atom stereocenters. The van der Waals surface area contributed by atoms with E-state index in [0.29, 0.717) is 11.1 Å². The van der Waals surface area contributed by atoms with Crippen LogP contribution in [0.1, 0.15) is 24.0 Å². The van der Waals surface area contributed by atoms with E-state index < -0.39 is 53.8 Å². The Hall–Kier alpha value is -4.30. The minimum atomic E-state index is -1.43. The van der Waals surface area contributed by atoms with Crippen LogP contribution in [0, 0.1) is 0 Å². The van der Waals surface area contributed by atoms with Gasteiger partial charge in [0.15, 0.2) is 0 Å². The van der Waals surface area contributed by atoms with E-state index in [9.17, 15) is 39.3 Å². The second-order valence-corrected chi connectivity index (χ2v) is 9.42. The number of phenols is 2. The van der Waals surface area contributed by atoms with Gasteiger partial charge < -0.3 is 42.7 Å². The van der Waals surface area contributed by atoms with Crippen molar-refractivity contribution in [3.05, 3.63) is 59.7 Å². The van der Waals surface area contributed by atoms with Gasteiger partial charge in [0.25, 0.3) is 0 Å². The zero-order valence-electron chi connectivity index (χ0n) is 21.4. The van der Waals surface area contributed by atoms with E-state index in [2.05, 4.69) is 28.6 Å². The molecule has 0 aliphatic carbocycles. The number of phenolic OH excluding ortho intramolecular Hbond substituents is 2. The van der Waals surface area contributed by atoms with Gasteiger partial charge in [0.1, 0.15) is 29.6 Å². The molecule has 0 spiro atoms. The predicted octanol–water partition coefficient (Wildman–Crippen LogP) is -1.06. The van der Waals surface area contributed by atoms with Gasteiger partial charge in [0.05, 0.1) is 6.04 Å². The molecular weight excluding hydrogens is 542 g/mol. The highest BCUT2D eigenvalue weighted by atomic mass is 32.1. The van der Waals surface area contributed by atoms with Crippen LogP contribution in [0.25, 0.3) is 0 Å². The van der Waals surface area contributed by atoms with Crippen LogP contribution in [0.5, 0.6) is 11.5 Å². The molecule has 216 valence electrons. The Balaban J connectivity index is 2.16. The van der Waals surface area contributed by atoms with Gasteiger partial charge in [0.2, 0.25) is 23.6 Å². The third-order valence-electron chi connectivity index (χ3n) is 5.85. The van der Waals surface area contributed by atoms with E-state index in [1.165, 1.54) is 24.3 Å². The van der Waals surface area contributed by atoms with Crippen LogP contribution < -0.4 is 27.4 Å². The number of nitrogens with two attached hydrogens (primary N) is 2. The lowest BCUT2D eigenvalue weighted by atomic mass is 10.0. The Morgan fingerprint density at radius 1 is 0.725 bits per heavy atom. The molecular formula is C26H33N5O8S. The number of primary amides is 1. The van der Waals surface area contributed by atoms with Gasteiger partial charge in [-0.1, -0.05) is 24.3 Å². The Kier molecular flexibility index (Phi) is 12.2. The fourth-order valence-electron chi connectivity index (χ4n) is 3.62. The molecule has 10 N–H and O–H groups in total. The first-order chi connectivity index (χ1) is 18.9. The average Bonchev–Trinajstić information content (AvgIpc) is 2.91. The average molecular weight is 576 g/mol. The number of hydrogen-bond donors (Lipinski definition) is 9. The highest BCUT2D eigenvalue weighted by Crippen LogP contribution is 2.13. The lowest BCUT2D eigenvalue weighted by Crippen LogP contribution is -2.58. The number of nitrogens with one attached hydrogen (secondary N) is 3. The van der Waals surface area contributed by atoms with Crippen molar-refractivity contribution in [2.45, 2.75) is 49.9 Å². The number of carbonyl (C=O) groups excluding carboxylic acids is 4. The number of aromatic hydroxyl groups is 2. The molecule has 0 fully saturated rings. The molecule has 0 aliphatic rings. The molecule has 0 aromatic heterocycles. The van der Waals surface area contributed by atoms with Gasteiger partial charge in [-0.3, -0.25) is 19.2 Å². The van der Waals surface area contributed by atoms with Crippen LogP contribution in [-0.2, 0) is 36.8 Å². The number of thiol groups is 1. The molecule has 13 nitrogen and oxygen atoms in total. The number of benzene rings is 2. The van der Waals surface area contributed by atoms with Crippen molar-refractivity contribution in [1.29, 1.82) is 0 Å². The first kappa shape index (κ1) is 31.9. The zero-order chi connectivity index (χ0) is 29.8. The Morgan fingerprint density at radius 3 is 1.65 bits per heavy atom. The molecule has 2 aromatic carbocycles. The molecule has 0 heterocycles. The van der Waals surface area contributed by atoms with Crippen molar-refractivity contribution in [1.82, 2.24) is 16.0 Å². The molecule has 0 saturated heterocycles. The standard InChI is InChI=1S/C26H33N5O8S/c27-18(11-14-1-5-16(32)6-2-14)23(35)30-20(12-15-3-7-17(33)8-4-15)24(36)31-21(13-40)25(37)29-19(26(38)39)9-10-22(28)34/h1-8,18-21,32-33,40H,9-13,27H2,(H2,28,34)(H,29,37)(H,30,35)(H,31,36)(H,38,39)/t18-,19-,20-,21-/m0/s1. The molecule has 2 rings (SSSR count). The van der Waals surface area contributed by atoms with E-state index in [1.807, 2.05) is 0 Å². The summed E-state index contributed by atoms with van der Waals surface area (Å²) in [5.41, 5.74) is 12.4. The number of amides is 4. The van der Waals surface area contributed by atoms with Gasteiger partial charge in [-0.2, -0.15) is 12.6 Å². The lowest BCUT2D eigenvalue weighted by molar-refractivity contribution is -0.142. The minimum absolute atomic E-state index is 0.000774. The Morgan fingerprint density at radius 2 is 1.18 bits per heavy atom. The highest BCUT2D eigenvalue weighted by Gasteiger charge is 2.30. The monoisotopic (exact) mass is 575 g/mol. The summed E-state index contributed by atoms with van der Waals surface area (Å²) in [6.45, 7) is 0. The van der Waals surface area contributed by atoms with Crippen molar-refractivity contribution in [3.63, 3.8) is 0 Å². The van der Waals surface area contributed by atoms with Crippen LogP contribution in [0.15, 0.2) is 48.5 Å². The third kappa shape index (κ3) is 10.5. The fourth-order valence-corrected chi connectivity index (χ4v) is 3.87. The maximum absolute atomic E-state index is 13.2. The largest absolute Gasteiger partial charge is 0.508 e. The summed E-state index contributed by atoms with van der Waals surface area (Å²) in [6.07, 6.45) is -0.438. The van der Waals surface area contributed by atoms with Crippen LogP contribution in [0.2, 0.25) is 0 Å². The summed E-state index contributed by atoms with van der Waals surface area (Å²) in [7, 11) is 0. The van der Waals surface area contributed by atoms with Crippen molar-refractivity contribution in [2.24, 2.45) is 11.5 Å². The maximum Gasteiger partial charge on any atom is 0.326 e. The topological polar surface area (TPSA) is 234 Å². The molecule has 0 bridgehead atoms. The SMILES string of the molecule is NC(=O)CC[C@H](NC(=O)[C@H](CS)NC(=O)[C@H](Cc1ccc(O)cc1)NC(=O)[C@@H](N)Cc1ccc(O)cc1)C(=O)O. The van der Waals surface area contributed by atoms with Crippen LogP contribution in [0.4, 0.5) is 0 Å². The van der Waals surface area contributed by atoms with Gasteiger partial charge >= 0.3 is 5.97 Å². The van der Waals surface area contributed by atoms with Crippen molar-refractivity contribution in [3.8, 4) is 11.5 Å².